The fourth-order valence-electron chi connectivity index (χ4n) is 3.07. The third-order valence-electron chi connectivity index (χ3n) is 4.43. The van der Waals surface area contributed by atoms with Crippen LogP contribution in [0.4, 0.5) is 0 Å². The van der Waals surface area contributed by atoms with E-state index in [-0.39, 0.29) is 11.9 Å². The Hall–Kier alpha value is -2.73. The smallest absolute Gasteiger partial charge is 0.270 e. The Bertz CT molecular complexity index is 853. The Morgan fingerprint density at radius 2 is 2.00 bits per heavy atom. The van der Waals surface area contributed by atoms with Crippen LogP contribution in [0.1, 0.15) is 23.3 Å². The molecule has 0 spiro atoms. The quantitative estimate of drug-likeness (QED) is 0.690. The number of aromatic nitrogens is 3. The van der Waals surface area contributed by atoms with E-state index >= 15 is 0 Å². The van der Waals surface area contributed by atoms with Crippen molar-refractivity contribution in [3.05, 3.63) is 48.4 Å². The molecular weight excluding hydrogens is 302 g/mol. The minimum atomic E-state index is -0.0947. The van der Waals surface area contributed by atoms with Crippen molar-refractivity contribution in [1.29, 1.82) is 0 Å². The van der Waals surface area contributed by atoms with Crippen LogP contribution in [0.25, 0.3) is 22.0 Å². The molecule has 3 N–H and O–H groups in total. The molecule has 0 atom stereocenters. The number of hydrogen-bond acceptors (Lipinski definition) is 4. The highest BCUT2D eigenvalue weighted by molar-refractivity contribution is 5.95. The van der Waals surface area contributed by atoms with E-state index in [0.29, 0.717) is 5.69 Å². The van der Waals surface area contributed by atoms with Crippen LogP contribution in [0.15, 0.2) is 42.7 Å². The zero-order valence-corrected chi connectivity index (χ0v) is 13.2. The van der Waals surface area contributed by atoms with Crippen molar-refractivity contribution in [2.45, 2.75) is 18.9 Å². The lowest BCUT2D eigenvalue weighted by Gasteiger charge is -2.23. The standard InChI is InChI=1S/C18H19N5O/c24-18(22-15-5-7-19-8-6-15)17-4-2-13-9-12(1-3-16(13)23-17)14-10-20-21-11-14/h1-4,9-11,15,19H,5-8H2,(H,20,21)(H,22,24). The number of nitrogens with zero attached hydrogens (tertiary/aromatic N) is 2. The molecule has 6 heteroatoms. The van der Waals surface area contributed by atoms with Crippen LogP contribution in [0, 0.1) is 0 Å². The number of fused-ring (bicyclic) bond motifs is 1. The molecule has 1 aromatic carbocycles. The number of pyridine rings is 1. The topological polar surface area (TPSA) is 82.7 Å². The highest BCUT2D eigenvalue weighted by Gasteiger charge is 2.17. The summed E-state index contributed by atoms with van der Waals surface area (Å²) in [5.41, 5.74) is 3.40. The van der Waals surface area contributed by atoms with Crippen LogP contribution in [-0.4, -0.2) is 40.2 Å². The van der Waals surface area contributed by atoms with Crippen molar-refractivity contribution in [2.75, 3.05) is 13.1 Å². The highest BCUT2D eigenvalue weighted by Crippen LogP contribution is 2.23. The molecule has 0 bridgehead atoms. The van der Waals surface area contributed by atoms with Gasteiger partial charge < -0.3 is 10.6 Å². The van der Waals surface area contributed by atoms with Crippen molar-refractivity contribution in [3.63, 3.8) is 0 Å². The van der Waals surface area contributed by atoms with Crippen molar-refractivity contribution in [2.24, 2.45) is 0 Å². The number of rotatable bonds is 3. The lowest BCUT2D eigenvalue weighted by Crippen LogP contribution is -2.42. The molecule has 1 aliphatic rings. The predicted octanol–water partition coefficient (Wildman–Crippen LogP) is 2.11. The summed E-state index contributed by atoms with van der Waals surface area (Å²) in [5, 5.41) is 14.2. The monoisotopic (exact) mass is 321 g/mol. The molecule has 0 unspecified atom stereocenters. The summed E-state index contributed by atoms with van der Waals surface area (Å²) in [6.45, 7) is 1.90. The SMILES string of the molecule is O=C(NC1CCNCC1)c1ccc2cc(-c3cn[nH]c3)ccc2n1. The van der Waals surface area contributed by atoms with Gasteiger partial charge in [-0.2, -0.15) is 5.10 Å². The Morgan fingerprint density at radius 1 is 1.12 bits per heavy atom. The zero-order chi connectivity index (χ0) is 16.4. The van der Waals surface area contributed by atoms with Gasteiger partial charge in [-0.25, -0.2) is 4.98 Å². The van der Waals surface area contributed by atoms with Crippen LogP contribution in [0.3, 0.4) is 0 Å². The number of aromatic amines is 1. The van der Waals surface area contributed by atoms with E-state index in [1.807, 2.05) is 24.4 Å². The summed E-state index contributed by atoms with van der Waals surface area (Å²) in [6, 6.07) is 9.97. The van der Waals surface area contributed by atoms with Gasteiger partial charge in [0.1, 0.15) is 5.69 Å². The minimum absolute atomic E-state index is 0.0947. The number of amides is 1. The average Bonchev–Trinajstić information content (AvgIpc) is 3.16. The third-order valence-corrected chi connectivity index (χ3v) is 4.43. The van der Waals surface area contributed by atoms with Gasteiger partial charge in [-0.3, -0.25) is 9.89 Å². The first-order valence-corrected chi connectivity index (χ1v) is 8.21. The van der Waals surface area contributed by atoms with Gasteiger partial charge in [0.25, 0.3) is 5.91 Å². The van der Waals surface area contributed by atoms with Crippen LogP contribution in [0.2, 0.25) is 0 Å². The number of nitrogens with one attached hydrogen (secondary N) is 3. The molecule has 3 heterocycles. The average molecular weight is 321 g/mol. The molecule has 2 aromatic heterocycles. The van der Waals surface area contributed by atoms with E-state index in [1.165, 1.54) is 0 Å². The first-order valence-electron chi connectivity index (χ1n) is 8.21. The highest BCUT2D eigenvalue weighted by atomic mass is 16.1. The van der Waals surface area contributed by atoms with E-state index < -0.39 is 0 Å². The third kappa shape index (κ3) is 3.00. The first kappa shape index (κ1) is 14.8. The fraction of sp³-hybridized carbons (Fsp3) is 0.278. The second-order valence-electron chi connectivity index (χ2n) is 6.09. The summed E-state index contributed by atoms with van der Waals surface area (Å²) in [4.78, 5) is 16.9. The van der Waals surface area contributed by atoms with Gasteiger partial charge in [0.2, 0.25) is 0 Å². The molecule has 4 rings (SSSR count). The van der Waals surface area contributed by atoms with Crippen molar-refractivity contribution in [1.82, 2.24) is 25.8 Å². The molecule has 0 aliphatic carbocycles. The second kappa shape index (κ2) is 6.41. The van der Waals surface area contributed by atoms with Gasteiger partial charge in [-0.05, 0) is 49.7 Å². The van der Waals surface area contributed by atoms with Crippen molar-refractivity contribution >= 4 is 16.8 Å². The summed E-state index contributed by atoms with van der Waals surface area (Å²) in [7, 11) is 0. The number of H-pyrrole nitrogens is 1. The molecule has 1 fully saturated rings. The zero-order valence-electron chi connectivity index (χ0n) is 13.2. The predicted molar refractivity (Wildman–Crippen MR) is 92.7 cm³/mol. The Morgan fingerprint density at radius 3 is 2.79 bits per heavy atom. The largest absolute Gasteiger partial charge is 0.348 e. The fourth-order valence-corrected chi connectivity index (χ4v) is 3.07. The molecule has 1 aliphatic heterocycles. The maximum absolute atomic E-state index is 12.4. The summed E-state index contributed by atoms with van der Waals surface area (Å²) < 4.78 is 0. The molecule has 1 amide bonds. The summed E-state index contributed by atoms with van der Waals surface area (Å²) in [6.07, 6.45) is 5.58. The normalized spacial score (nSPS) is 15.5. The van der Waals surface area contributed by atoms with Crippen molar-refractivity contribution in [3.8, 4) is 11.1 Å². The van der Waals surface area contributed by atoms with Gasteiger partial charge >= 0.3 is 0 Å². The Kier molecular flexibility index (Phi) is 3.96. The molecule has 0 radical (unpaired) electrons. The minimum Gasteiger partial charge on any atom is -0.348 e. The molecule has 0 saturated carbocycles. The lowest BCUT2D eigenvalue weighted by molar-refractivity contribution is 0.0925. The van der Waals surface area contributed by atoms with E-state index in [0.717, 1.165) is 48.0 Å². The van der Waals surface area contributed by atoms with Gasteiger partial charge in [-0.1, -0.05) is 12.1 Å². The number of benzene rings is 1. The van der Waals surface area contributed by atoms with Gasteiger partial charge in [0, 0.05) is 23.2 Å². The summed E-state index contributed by atoms with van der Waals surface area (Å²) >= 11 is 0. The molecule has 3 aromatic rings. The first-order chi connectivity index (χ1) is 11.8. The molecule has 122 valence electrons. The van der Waals surface area contributed by atoms with E-state index in [2.05, 4.69) is 31.9 Å². The lowest BCUT2D eigenvalue weighted by atomic mass is 10.1. The van der Waals surface area contributed by atoms with E-state index in [4.69, 9.17) is 0 Å². The number of carbonyl (C=O) groups excluding carboxylic acids is 1. The number of piperidine rings is 1. The van der Waals surface area contributed by atoms with Gasteiger partial charge in [0.05, 0.1) is 11.7 Å². The molecule has 6 nitrogen and oxygen atoms in total. The van der Waals surface area contributed by atoms with E-state index in [1.54, 1.807) is 12.3 Å². The van der Waals surface area contributed by atoms with Crippen LogP contribution in [-0.2, 0) is 0 Å². The second-order valence-corrected chi connectivity index (χ2v) is 6.09. The van der Waals surface area contributed by atoms with Crippen LogP contribution < -0.4 is 10.6 Å². The molecule has 24 heavy (non-hydrogen) atoms. The Labute approximate surface area is 139 Å². The molecular formula is C18H19N5O. The Balaban J connectivity index is 1.56. The van der Waals surface area contributed by atoms with Gasteiger partial charge in [0.15, 0.2) is 0 Å². The van der Waals surface area contributed by atoms with Gasteiger partial charge in [-0.15, -0.1) is 0 Å². The van der Waals surface area contributed by atoms with Crippen LogP contribution >= 0.6 is 0 Å². The summed E-state index contributed by atoms with van der Waals surface area (Å²) in [5.74, 6) is -0.0947. The number of carbonyl (C=O) groups is 1. The van der Waals surface area contributed by atoms with Crippen LogP contribution in [0.5, 0.6) is 0 Å². The maximum Gasteiger partial charge on any atom is 0.270 e. The molecule has 1 saturated heterocycles. The number of hydrogen-bond donors (Lipinski definition) is 3. The van der Waals surface area contributed by atoms with E-state index in [9.17, 15) is 4.79 Å². The maximum atomic E-state index is 12.4. The van der Waals surface area contributed by atoms with Crippen molar-refractivity contribution < 1.29 is 4.79 Å².